The fourth-order valence-electron chi connectivity index (χ4n) is 4.02. The number of carbonyl (C=O) groups is 1. The summed E-state index contributed by atoms with van der Waals surface area (Å²) in [5.41, 5.74) is -0.0197. The van der Waals surface area contributed by atoms with Crippen LogP contribution in [0, 0.1) is 5.92 Å². The van der Waals surface area contributed by atoms with Gasteiger partial charge in [0.2, 0.25) is 5.91 Å². The fourth-order valence-corrected chi connectivity index (χ4v) is 4.02. The summed E-state index contributed by atoms with van der Waals surface area (Å²) in [6.07, 6.45) is 6.08. The third-order valence-electron chi connectivity index (χ3n) is 5.32. The molecule has 0 aromatic carbocycles. The van der Waals surface area contributed by atoms with Crippen LogP contribution in [0.3, 0.4) is 0 Å². The zero-order valence-corrected chi connectivity index (χ0v) is 12.9. The van der Waals surface area contributed by atoms with Gasteiger partial charge < -0.3 is 9.64 Å². The molecule has 0 bridgehead atoms. The average Bonchev–Trinajstić information content (AvgIpc) is 2.43. The minimum Gasteiger partial charge on any atom is -0.371 e. The molecule has 1 atom stereocenters. The molecule has 0 aromatic heterocycles. The highest BCUT2D eigenvalue weighted by molar-refractivity contribution is 5.81. The zero-order valence-electron chi connectivity index (χ0n) is 12.9. The lowest BCUT2D eigenvalue weighted by atomic mass is 9.83. The molecule has 1 aliphatic carbocycles. The summed E-state index contributed by atoms with van der Waals surface area (Å²) >= 11 is 0. The van der Waals surface area contributed by atoms with Crippen molar-refractivity contribution in [3.05, 3.63) is 0 Å². The molecule has 1 amide bonds. The van der Waals surface area contributed by atoms with Crippen molar-refractivity contribution in [3.63, 3.8) is 0 Å². The van der Waals surface area contributed by atoms with E-state index in [0.717, 1.165) is 51.5 Å². The van der Waals surface area contributed by atoms with E-state index in [4.69, 9.17) is 4.74 Å². The van der Waals surface area contributed by atoms with Crippen LogP contribution in [0.15, 0.2) is 0 Å². The molecule has 114 valence electrons. The number of likely N-dealkylation sites (tertiary alicyclic amines) is 1. The lowest BCUT2D eigenvalue weighted by molar-refractivity contribution is -0.162. The molecule has 3 fully saturated rings. The lowest BCUT2D eigenvalue weighted by Crippen LogP contribution is -2.60. The summed E-state index contributed by atoms with van der Waals surface area (Å²) in [6.45, 7) is 8.77. The third-order valence-corrected chi connectivity index (χ3v) is 5.32. The van der Waals surface area contributed by atoms with Crippen LogP contribution in [0.2, 0.25) is 0 Å². The van der Waals surface area contributed by atoms with Gasteiger partial charge in [0, 0.05) is 26.2 Å². The number of carbonyl (C=O) groups excluding carboxylic acids is 1. The van der Waals surface area contributed by atoms with Gasteiger partial charge in [-0.05, 0) is 25.7 Å². The highest BCUT2D eigenvalue weighted by atomic mass is 16.5. The van der Waals surface area contributed by atoms with Gasteiger partial charge >= 0.3 is 0 Å². The number of amides is 1. The molecule has 4 nitrogen and oxygen atoms in total. The molecule has 4 heteroatoms. The highest BCUT2D eigenvalue weighted by Crippen LogP contribution is 2.34. The van der Waals surface area contributed by atoms with Crippen LogP contribution in [0.25, 0.3) is 0 Å². The van der Waals surface area contributed by atoms with Crippen molar-refractivity contribution in [2.45, 2.75) is 57.6 Å². The molecule has 20 heavy (non-hydrogen) atoms. The van der Waals surface area contributed by atoms with Crippen molar-refractivity contribution >= 4 is 5.91 Å². The smallest absolute Gasteiger partial charge is 0.239 e. The highest BCUT2D eigenvalue weighted by Gasteiger charge is 2.41. The second-order valence-electron chi connectivity index (χ2n) is 7.09. The standard InChI is InChI=1S/C16H28N2O2/c1-13-10-18(11-13)14(2)15(19)17-8-9-20-16(12-17)6-4-3-5-7-16/h13-14H,3-12H2,1-2H3. The first-order valence-electron chi connectivity index (χ1n) is 8.26. The van der Waals surface area contributed by atoms with E-state index in [1.54, 1.807) is 0 Å². The summed E-state index contributed by atoms with van der Waals surface area (Å²) in [4.78, 5) is 17.1. The van der Waals surface area contributed by atoms with Gasteiger partial charge in [-0.1, -0.05) is 26.2 Å². The van der Waals surface area contributed by atoms with Gasteiger partial charge in [0.15, 0.2) is 0 Å². The monoisotopic (exact) mass is 280 g/mol. The molecular weight excluding hydrogens is 252 g/mol. The van der Waals surface area contributed by atoms with Gasteiger partial charge in [0.25, 0.3) is 0 Å². The Hall–Kier alpha value is -0.610. The molecule has 2 saturated heterocycles. The van der Waals surface area contributed by atoms with Crippen molar-refractivity contribution < 1.29 is 9.53 Å². The molecule has 1 spiro atoms. The SMILES string of the molecule is CC1CN(C(C)C(=O)N2CCOC3(CCCCC3)C2)C1. The summed E-state index contributed by atoms with van der Waals surface area (Å²) in [5, 5.41) is 0. The van der Waals surface area contributed by atoms with Crippen molar-refractivity contribution in [2.75, 3.05) is 32.8 Å². The number of hydrogen-bond donors (Lipinski definition) is 0. The molecule has 3 aliphatic rings. The first kappa shape index (κ1) is 14.3. The number of rotatable bonds is 2. The Labute approximate surface area is 122 Å². The molecule has 1 saturated carbocycles. The predicted octanol–water partition coefficient (Wildman–Crippen LogP) is 1.89. The summed E-state index contributed by atoms with van der Waals surface area (Å²) in [6, 6.07) is 0.0462. The van der Waals surface area contributed by atoms with Crippen LogP contribution in [-0.2, 0) is 9.53 Å². The summed E-state index contributed by atoms with van der Waals surface area (Å²) in [5.74, 6) is 1.06. The van der Waals surface area contributed by atoms with Crippen molar-refractivity contribution in [1.29, 1.82) is 0 Å². The molecule has 2 heterocycles. The largest absolute Gasteiger partial charge is 0.371 e. The Kier molecular flexibility index (Phi) is 4.04. The van der Waals surface area contributed by atoms with Gasteiger partial charge in [0.1, 0.15) is 0 Å². The third kappa shape index (κ3) is 2.73. The van der Waals surface area contributed by atoms with E-state index >= 15 is 0 Å². The van der Waals surface area contributed by atoms with E-state index in [-0.39, 0.29) is 11.6 Å². The van der Waals surface area contributed by atoms with Gasteiger partial charge in [0.05, 0.1) is 18.2 Å². The Morgan fingerprint density at radius 1 is 1.25 bits per heavy atom. The van der Waals surface area contributed by atoms with E-state index < -0.39 is 0 Å². The molecule has 0 N–H and O–H groups in total. The maximum absolute atomic E-state index is 12.7. The maximum atomic E-state index is 12.7. The van der Waals surface area contributed by atoms with E-state index in [9.17, 15) is 4.79 Å². The second-order valence-corrected chi connectivity index (χ2v) is 7.09. The quantitative estimate of drug-likeness (QED) is 0.774. The van der Waals surface area contributed by atoms with Crippen molar-refractivity contribution in [2.24, 2.45) is 5.92 Å². The van der Waals surface area contributed by atoms with Gasteiger partial charge in [-0.3, -0.25) is 9.69 Å². The van der Waals surface area contributed by atoms with E-state index in [2.05, 4.69) is 23.6 Å². The zero-order chi connectivity index (χ0) is 14.2. The Morgan fingerprint density at radius 2 is 1.95 bits per heavy atom. The van der Waals surface area contributed by atoms with E-state index in [1.807, 2.05) is 0 Å². The fraction of sp³-hybridized carbons (Fsp3) is 0.938. The van der Waals surface area contributed by atoms with E-state index in [0.29, 0.717) is 5.91 Å². The topological polar surface area (TPSA) is 32.8 Å². The molecule has 3 rings (SSSR count). The lowest BCUT2D eigenvalue weighted by Gasteiger charge is -2.47. The minimum absolute atomic E-state index is 0.0197. The van der Waals surface area contributed by atoms with Gasteiger partial charge in [-0.2, -0.15) is 0 Å². The van der Waals surface area contributed by atoms with Crippen LogP contribution in [0.4, 0.5) is 0 Å². The van der Waals surface area contributed by atoms with Crippen molar-refractivity contribution in [1.82, 2.24) is 9.80 Å². The first-order valence-corrected chi connectivity index (χ1v) is 8.26. The van der Waals surface area contributed by atoms with Crippen LogP contribution >= 0.6 is 0 Å². The van der Waals surface area contributed by atoms with Crippen molar-refractivity contribution in [3.8, 4) is 0 Å². The molecule has 2 aliphatic heterocycles. The second kappa shape index (κ2) is 5.64. The average molecular weight is 280 g/mol. The number of ether oxygens (including phenoxy) is 1. The Bertz CT molecular complexity index is 354. The molecular formula is C16H28N2O2. The van der Waals surface area contributed by atoms with Crippen LogP contribution in [-0.4, -0.2) is 60.1 Å². The van der Waals surface area contributed by atoms with E-state index in [1.165, 1.54) is 19.3 Å². The number of hydrogen-bond acceptors (Lipinski definition) is 3. The van der Waals surface area contributed by atoms with Crippen LogP contribution < -0.4 is 0 Å². The normalized spacial score (nSPS) is 29.2. The van der Waals surface area contributed by atoms with Crippen LogP contribution in [0.5, 0.6) is 0 Å². The Balaban J connectivity index is 1.59. The van der Waals surface area contributed by atoms with Gasteiger partial charge in [-0.25, -0.2) is 0 Å². The number of nitrogens with zero attached hydrogens (tertiary/aromatic N) is 2. The first-order chi connectivity index (χ1) is 9.60. The van der Waals surface area contributed by atoms with Gasteiger partial charge in [-0.15, -0.1) is 0 Å². The number of morpholine rings is 1. The molecule has 0 radical (unpaired) electrons. The van der Waals surface area contributed by atoms with Crippen LogP contribution in [0.1, 0.15) is 46.0 Å². The minimum atomic E-state index is -0.0197. The predicted molar refractivity (Wildman–Crippen MR) is 78.5 cm³/mol. The maximum Gasteiger partial charge on any atom is 0.239 e. The Morgan fingerprint density at radius 3 is 2.60 bits per heavy atom. The summed E-state index contributed by atoms with van der Waals surface area (Å²) < 4.78 is 6.08. The summed E-state index contributed by atoms with van der Waals surface area (Å²) in [7, 11) is 0. The molecule has 0 aromatic rings. The molecule has 1 unspecified atom stereocenters.